The van der Waals surface area contributed by atoms with Crippen molar-refractivity contribution in [1.82, 2.24) is 14.7 Å². The summed E-state index contributed by atoms with van der Waals surface area (Å²) in [5, 5.41) is 16.2. The molecule has 0 unspecified atom stereocenters. The summed E-state index contributed by atoms with van der Waals surface area (Å²) in [6.45, 7) is 0.499. The molecule has 128 valence electrons. The topological polar surface area (TPSA) is 70.4 Å². The fourth-order valence-electron chi connectivity index (χ4n) is 2.89. The van der Waals surface area contributed by atoms with Gasteiger partial charge in [0.15, 0.2) is 0 Å². The maximum absolute atomic E-state index is 13.9. The van der Waals surface area contributed by atoms with Crippen molar-refractivity contribution >= 4 is 11.8 Å². The number of hydrogen-bond donors (Lipinski definition) is 2. The lowest BCUT2D eigenvalue weighted by molar-refractivity contribution is 0.166. The van der Waals surface area contributed by atoms with Gasteiger partial charge in [0.2, 0.25) is 0 Å². The Morgan fingerprint density at radius 2 is 2.21 bits per heavy atom. The molecule has 1 fully saturated rings. The Bertz CT molecular complexity index is 763. The van der Waals surface area contributed by atoms with E-state index in [9.17, 15) is 18.7 Å². The summed E-state index contributed by atoms with van der Waals surface area (Å²) in [6, 6.07) is 4.26. The molecule has 2 amide bonds. The fourth-order valence-corrected chi connectivity index (χ4v) is 2.89. The Balaban J connectivity index is 1.80. The Labute approximate surface area is 137 Å². The van der Waals surface area contributed by atoms with Crippen LogP contribution in [0.1, 0.15) is 12.8 Å². The van der Waals surface area contributed by atoms with Gasteiger partial charge in [0.05, 0.1) is 18.3 Å². The smallest absolute Gasteiger partial charge is 0.323 e. The summed E-state index contributed by atoms with van der Waals surface area (Å²) >= 11 is 0. The van der Waals surface area contributed by atoms with Crippen LogP contribution in [-0.2, 0) is 7.05 Å². The second-order valence-electron chi connectivity index (χ2n) is 5.76. The lowest BCUT2D eigenvalue weighted by Gasteiger charge is -2.23. The van der Waals surface area contributed by atoms with Crippen LogP contribution >= 0.6 is 0 Å². The SMILES string of the molecule is Cn1nc(-c2ccc(F)cc2F)cc1NC(=O)N1CCC[C@H]1CO. The van der Waals surface area contributed by atoms with Gasteiger partial charge in [-0.05, 0) is 25.0 Å². The van der Waals surface area contributed by atoms with Gasteiger partial charge in [-0.25, -0.2) is 13.6 Å². The monoisotopic (exact) mass is 336 g/mol. The molecule has 2 heterocycles. The Morgan fingerprint density at radius 1 is 1.42 bits per heavy atom. The van der Waals surface area contributed by atoms with Crippen LogP contribution in [0.5, 0.6) is 0 Å². The molecular formula is C16H18F2N4O2. The molecular weight excluding hydrogens is 318 g/mol. The highest BCUT2D eigenvalue weighted by atomic mass is 19.1. The molecule has 2 N–H and O–H groups in total. The van der Waals surface area contributed by atoms with Gasteiger partial charge >= 0.3 is 6.03 Å². The number of halogens is 2. The normalized spacial score (nSPS) is 17.3. The first-order chi connectivity index (χ1) is 11.5. The number of nitrogens with one attached hydrogen (secondary N) is 1. The second-order valence-corrected chi connectivity index (χ2v) is 5.76. The van der Waals surface area contributed by atoms with Crippen LogP contribution in [0.4, 0.5) is 19.4 Å². The highest BCUT2D eigenvalue weighted by Crippen LogP contribution is 2.25. The van der Waals surface area contributed by atoms with E-state index < -0.39 is 11.6 Å². The fraction of sp³-hybridized carbons (Fsp3) is 0.375. The first-order valence-electron chi connectivity index (χ1n) is 7.67. The van der Waals surface area contributed by atoms with E-state index in [4.69, 9.17) is 0 Å². The summed E-state index contributed by atoms with van der Waals surface area (Å²) in [6.07, 6.45) is 1.61. The number of carbonyl (C=O) groups excluding carboxylic acids is 1. The molecule has 1 atom stereocenters. The van der Waals surface area contributed by atoms with Gasteiger partial charge in [-0.3, -0.25) is 10.00 Å². The van der Waals surface area contributed by atoms with Crippen LogP contribution < -0.4 is 5.32 Å². The molecule has 6 nitrogen and oxygen atoms in total. The van der Waals surface area contributed by atoms with Crippen LogP contribution in [-0.4, -0.2) is 45.0 Å². The number of carbonyl (C=O) groups is 1. The van der Waals surface area contributed by atoms with E-state index in [-0.39, 0.29) is 24.2 Å². The Hall–Kier alpha value is -2.48. The van der Waals surface area contributed by atoms with Crippen molar-refractivity contribution in [3.63, 3.8) is 0 Å². The highest BCUT2D eigenvalue weighted by molar-refractivity contribution is 5.89. The third-order valence-electron chi connectivity index (χ3n) is 4.17. The van der Waals surface area contributed by atoms with E-state index in [1.165, 1.54) is 16.8 Å². The Morgan fingerprint density at radius 3 is 2.92 bits per heavy atom. The van der Waals surface area contributed by atoms with E-state index in [1.807, 2.05) is 0 Å². The van der Waals surface area contributed by atoms with Crippen molar-refractivity contribution in [2.45, 2.75) is 18.9 Å². The second kappa shape index (κ2) is 6.56. The van der Waals surface area contributed by atoms with Crippen molar-refractivity contribution in [2.75, 3.05) is 18.5 Å². The predicted molar refractivity (Wildman–Crippen MR) is 84.4 cm³/mol. The quantitative estimate of drug-likeness (QED) is 0.904. The van der Waals surface area contributed by atoms with Crippen LogP contribution in [0.3, 0.4) is 0 Å². The molecule has 1 aliphatic rings. The van der Waals surface area contributed by atoms with Crippen molar-refractivity contribution in [3.05, 3.63) is 35.9 Å². The van der Waals surface area contributed by atoms with E-state index in [0.717, 1.165) is 25.0 Å². The van der Waals surface area contributed by atoms with Gasteiger partial charge in [-0.15, -0.1) is 0 Å². The predicted octanol–water partition coefficient (Wildman–Crippen LogP) is 2.35. The molecule has 0 aliphatic carbocycles. The number of aliphatic hydroxyl groups excluding tert-OH is 1. The van der Waals surface area contributed by atoms with Crippen LogP contribution in [0.15, 0.2) is 24.3 Å². The summed E-state index contributed by atoms with van der Waals surface area (Å²) in [5.74, 6) is -0.988. The molecule has 1 aromatic carbocycles. The number of likely N-dealkylation sites (tertiary alicyclic amines) is 1. The van der Waals surface area contributed by atoms with Gasteiger partial charge in [-0.2, -0.15) is 5.10 Å². The molecule has 24 heavy (non-hydrogen) atoms. The molecule has 1 saturated heterocycles. The minimum atomic E-state index is -0.717. The number of rotatable bonds is 3. The number of aryl methyl sites for hydroxylation is 1. The average molecular weight is 336 g/mol. The molecule has 3 rings (SSSR count). The van der Waals surface area contributed by atoms with Gasteiger partial charge in [0, 0.05) is 31.3 Å². The standard InChI is InChI=1S/C16H18F2N4O2/c1-21-15(19-16(24)22-6-2-3-11(22)9-23)8-14(20-21)12-5-4-10(17)7-13(12)18/h4-5,7-8,11,23H,2-3,6,9H2,1H3,(H,19,24)/t11-/m0/s1. The largest absolute Gasteiger partial charge is 0.394 e. The first kappa shape index (κ1) is 16.4. The average Bonchev–Trinajstić information content (AvgIpc) is 3.14. The molecule has 0 spiro atoms. The maximum atomic E-state index is 13.9. The van der Waals surface area contributed by atoms with Crippen molar-refractivity contribution in [3.8, 4) is 11.3 Å². The van der Waals surface area contributed by atoms with Gasteiger partial charge in [0.25, 0.3) is 0 Å². The third-order valence-corrected chi connectivity index (χ3v) is 4.17. The van der Waals surface area contributed by atoms with E-state index in [0.29, 0.717) is 18.1 Å². The van der Waals surface area contributed by atoms with Gasteiger partial charge in [-0.1, -0.05) is 0 Å². The number of aromatic nitrogens is 2. The number of benzene rings is 1. The molecule has 0 bridgehead atoms. The lowest BCUT2D eigenvalue weighted by Crippen LogP contribution is -2.40. The zero-order valence-corrected chi connectivity index (χ0v) is 13.2. The lowest BCUT2D eigenvalue weighted by atomic mass is 10.1. The van der Waals surface area contributed by atoms with Gasteiger partial charge in [0.1, 0.15) is 17.5 Å². The number of urea groups is 1. The van der Waals surface area contributed by atoms with Crippen LogP contribution in [0.25, 0.3) is 11.3 Å². The van der Waals surface area contributed by atoms with Crippen molar-refractivity contribution < 1.29 is 18.7 Å². The summed E-state index contributed by atoms with van der Waals surface area (Å²) < 4.78 is 28.3. The van der Waals surface area contributed by atoms with E-state index in [2.05, 4.69) is 10.4 Å². The molecule has 1 aliphatic heterocycles. The zero-order valence-electron chi connectivity index (χ0n) is 13.2. The molecule has 0 saturated carbocycles. The minimum absolute atomic E-state index is 0.0785. The first-order valence-corrected chi connectivity index (χ1v) is 7.67. The Kier molecular flexibility index (Phi) is 4.48. The highest BCUT2D eigenvalue weighted by Gasteiger charge is 2.28. The molecule has 8 heteroatoms. The van der Waals surface area contributed by atoms with Crippen molar-refractivity contribution in [1.29, 1.82) is 0 Å². The maximum Gasteiger partial charge on any atom is 0.323 e. The number of anilines is 1. The van der Waals surface area contributed by atoms with Gasteiger partial charge < -0.3 is 10.0 Å². The number of aliphatic hydroxyl groups is 1. The van der Waals surface area contributed by atoms with Crippen molar-refractivity contribution in [2.24, 2.45) is 7.05 Å². The third kappa shape index (κ3) is 3.09. The summed E-state index contributed by atoms with van der Waals surface area (Å²) in [4.78, 5) is 13.9. The molecule has 2 aromatic rings. The van der Waals surface area contributed by atoms with Crippen LogP contribution in [0.2, 0.25) is 0 Å². The minimum Gasteiger partial charge on any atom is -0.394 e. The number of nitrogens with zero attached hydrogens (tertiary/aromatic N) is 3. The zero-order chi connectivity index (χ0) is 17.3. The van der Waals surface area contributed by atoms with Crippen LogP contribution in [0, 0.1) is 11.6 Å². The van der Waals surface area contributed by atoms with E-state index >= 15 is 0 Å². The molecule has 1 aromatic heterocycles. The number of amides is 2. The molecule has 0 radical (unpaired) electrons. The summed E-state index contributed by atoms with van der Waals surface area (Å²) in [7, 11) is 1.62. The summed E-state index contributed by atoms with van der Waals surface area (Å²) in [5.41, 5.74) is 0.451. The number of hydrogen-bond acceptors (Lipinski definition) is 3. The van der Waals surface area contributed by atoms with E-state index in [1.54, 1.807) is 11.9 Å².